The first kappa shape index (κ1) is 30.0. The molecule has 2 unspecified atom stereocenters. The van der Waals surface area contributed by atoms with Crippen LogP contribution in [-0.2, 0) is 25.7 Å². The van der Waals surface area contributed by atoms with Gasteiger partial charge in [-0.05, 0) is 38.7 Å². The first-order chi connectivity index (χ1) is 19.2. The van der Waals surface area contributed by atoms with Crippen LogP contribution < -0.4 is 0 Å². The number of likely N-dealkylation sites (tertiary alicyclic amines) is 1. The molecule has 218 valence electrons. The lowest BCUT2D eigenvalue weighted by atomic mass is 9.66. The molecule has 3 aliphatic rings. The van der Waals surface area contributed by atoms with E-state index in [4.69, 9.17) is 4.74 Å². The van der Waals surface area contributed by atoms with E-state index in [9.17, 15) is 19.5 Å². The number of rotatable bonds is 14. The van der Waals surface area contributed by atoms with E-state index in [0.717, 1.165) is 24.8 Å². The second kappa shape index (κ2) is 12.3. The first-order valence-corrected chi connectivity index (χ1v) is 14.7. The highest BCUT2D eigenvalue weighted by molar-refractivity contribution is 5.99. The number of amides is 3. The van der Waals surface area contributed by atoms with Gasteiger partial charge in [-0.1, -0.05) is 62.2 Å². The minimum Gasteiger partial charge on any atom is -0.394 e. The standard InChI is InChI=1S/C32H45N3O5/c1-6-9-13-20-33(18-7-2)30(39)27-32-17-16-31(5,40-32)25(26(32)29(38)35(27)23(4)22-36)28(37)34(19-8-3)21-24-14-11-10-12-15-24/h7-8,10-12,14-15,23,25-27,36H,2-3,6,9,13,16-22H2,1,4-5H3/t23-,25+,26+,27?,31-,32?/m1/s1. The number of carbonyl (C=O) groups is 3. The fourth-order valence-electron chi connectivity index (χ4n) is 7.14. The van der Waals surface area contributed by atoms with Crippen molar-refractivity contribution in [2.24, 2.45) is 11.8 Å². The molecule has 6 atom stereocenters. The summed E-state index contributed by atoms with van der Waals surface area (Å²) in [4.78, 5) is 47.9. The maximum atomic E-state index is 14.3. The van der Waals surface area contributed by atoms with E-state index >= 15 is 0 Å². The predicted molar refractivity (Wildman–Crippen MR) is 154 cm³/mol. The number of ether oxygens (including phenoxy) is 1. The van der Waals surface area contributed by atoms with E-state index in [1.165, 1.54) is 4.90 Å². The third-order valence-electron chi connectivity index (χ3n) is 9.02. The Morgan fingerprint density at radius 2 is 1.80 bits per heavy atom. The van der Waals surface area contributed by atoms with Crippen molar-refractivity contribution in [2.45, 2.75) is 82.7 Å². The van der Waals surface area contributed by atoms with Gasteiger partial charge in [-0.15, -0.1) is 13.2 Å². The Hall–Kier alpha value is -2.97. The smallest absolute Gasteiger partial charge is 0.248 e. The van der Waals surface area contributed by atoms with E-state index in [1.54, 1.807) is 28.9 Å². The molecule has 3 heterocycles. The van der Waals surface area contributed by atoms with Crippen LogP contribution >= 0.6 is 0 Å². The summed E-state index contributed by atoms with van der Waals surface area (Å²) in [6.07, 6.45) is 7.33. The summed E-state index contributed by atoms with van der Waals surface area (Å²) in [6.45, 7) is 14.8. The van der Waals surface area contributed by atoms with Crippen molar-refractivity contribution in [1.29, 1.82) is 0 Å². The summed E-state index contributed by atoms with van der Waals surface area (Å²) >= 11 is 0. The molecule has 8 nitrogen and oxygen atoms in total. The van der Waals surface area contributed by atoms with Crippen LogP contribution in [-0.4, -0.2) is 87.1 Å². The molecule has 8 heteroatoms. The molecule has 1 spiro atoms. The highest BCUT2D eigenvalue weighted by Crippen LogP contribution is 2.63. The molecule has 2 bridgehead atoms. The van der Waals surface area contributed by atoms with Gasteiger partial charge in [0.25, 0.3) is 0 Å². The molecule has 3 fully saturated rings. The SMILES string of the molecule is C=CCN(CCCCC)C(=O)C1N([C@H](C)CO)C(=O)[C@@H]2[C@@H](C(=O)N(CC=C)Cc3ccccc3)[C@@]3(C)CCC12O3. The zero-order valence-electron chi connectivity index (χ0n) is 24.3. The number of hydrogen-bond acceptors (Lipinski definition) is 5. The van der Waals surface area contributed by atoms with Crippen LogP contribution in [0.25, 0.3) is 0 Å². The lowest BCUT2D eigenvalue weighted by Crippen LogP contribution is -2.58. The molecule has 0 radical (unpaired) electrons. The lowest BCUT2D eigenvalue weighted by Gasteiger charge is -2.38. The molecule has 3 amide bonds. The quantitative estimate of drug-likeness (QED) is 0.282. The van der Waals surface area contributed by atoms with Crippen molar-refractivity contribution in [3.8, 4) is 0 Å². The van der Waals surface area contributed by atoms with E-state index in [0.29, 0.717) is 39.0 Å². The Labute approximate surface area is 238 Å². The zero-order valence-corrected chi connectivity index (χ0v) is 24.3. The summed E-state index contributed by atoms with van der Waals surface area (Å²) in [6, 6.07) is 8.23. The van der Waals surface area contributed by atoms with Crippen molar-refractivity contribution >= 4 is 17.7 Å². The molecule has 1 aromatic rings. The number of carbonyl (C=O) groups excluding carboxylic acids is 3. The molecule has 1 N–H and O–H groups in total. The number of benzene rings is 1. The van der Waals surface area contributed by atoms with E-state index in [2.05, 4.69) is 20.1 Å². The normalized spacial score (nSPS) is 29.2. The van der Waals surface area contributed by atoms with Crippen LogP contribution in [0.2, 0.25) is 0 Å². The van der Waals surface area contributed by atoms with Crippen LogP contribution in [0.4, 0.5) is 0 Å². The number of aliphatic hydroxyl groups is 1. The second-order valence-corrected chi connectivity index (χ2v) is 11.8. The van der Waals surface area contributed by atoms with Crippen LogP contribution in [0, 0.1) is 11.8 Å². The van der Waals surface area contributed by atoms with Crippen molar-refractivity contribution in [3.63, 3.8) is 0 Å². The van der Waals surface area contributed by atoms with Gasteiger partial charge >= 0.3 is 0 Å². The van der Waals surface area contributed by atoms with Crippen LogP contribution in [0.15, 0.2) is 55.6 Å². The van der Waals surface area contributed by atoms with Crippen molar-refractivity contribution in [3.05, 3.63) is 61.2 Å². The highest BCUT2D eigenvalue weighted by Gasteiger charge is 2.78. The van der Waals surface area contributed by atoms with Gasteiger partial charge in [0.2, 0.25) is 17.7 Å². The van der Waals surface area contributed by atoms with Gasteiger partial charge in [-0.3, -0.25) is 14.4 Å². The van der Waals surface area contributed by atoms with Crippen molar-refractivity contribution in [2.75, 3.05) is 26.2 Å². The second-order valence-electron chi connectivity index (χ2n) is 11.8. The summed E-state index contributed by atoms with van der Waals surface area (Å²) in [7, 11) is 0. The van der Waals surface area contributed by atoms with Crippen LogP contribution in [0.3, 0.4) is 0 Å². The molecule has 0 aliphatic carbocycles. The Morgan fingerprint density at radius 3 is 2.42 bits per heavy atom. The average Bonchev–Trinajstić information content (AvgIpc) is 3.52. The Balaban J connectivity index is 1.73. The van der Waals surface area contributed by atoms with E-state index in [-0.39, 0.29) is 24.3 Å². The molecule has 40 heavy (non-hydrogen) atoms. The van der Waals surface area contributed by atoms with E-state index < -0.39 is 35.1 Å². The number of nitrogens with zero attached hydrogens (tertiary/aromatic N) is 3. The van der Waals surface area contributed by atoms with Gasteiger partial charge in [-0.25, -0.2) is 0 Å². The molecule has 4 rings (SSSR count). The maximum Gasteiger partial charge on any atom is 0.248 e. The fourth-order valence-corrected chi connectivity index (χ4v) is 7.14. The number of hydrogen-bond donors (Lipinski definition) is 1. The lowest BCUT2D eigenvalue weighted by molar-refractivity contribution is -0.156. The van der Waals surface area contributed by atoms with Crippen LogP contribution in [0.5, 0.6) is 0 Å². The minimum atomic E-state index is -1.12. The summed E-state index contributed by atoms with van der Waals surface area (Å²) in [5, 5.41) is 10.1. The molecule has 0 aromatic heterocycles. The zero-order chi connectivity index (χ0) is 29.1. The minimum absolute atomic E-state index is 0.165. The molecule has 1 aromatic carbocycles. The van der Waals surface area contributed by atoms with Gasteiger partial charge in [0, 0.05) is 26.2 Å². The van der Waals surface area contributed by atoms with Gasteiger partial charge in [0.1, 0.15) is 11.6 Å². The predicted octanol–water partition coefficient (Wildman–Crippen LogP) is 3.55. The Kier molecular flexibility index (Phi) is 9.20. The average molecular weight is 552 g/mol. The fraction of sp³-hybridized carbons (Fsp3) is 0.594. The van der Waals surface area contributed by atoms with Crippen molar-refractivity contribution < 1.29 is 24.2 Å². The Bertz CT molecular complexity index is 1110. The number of fused-ring (bicyclic) bond motifs is 1. The molecule has 0 saturated carbocycles. The Morgan fingerprint density at radius 1 is 1.12 bits per heavy atom. The molecule has 3 aliphatic heterocycles. The third-order valence-corrected chi connectivity index (χ3v) is 9.02. The van der Waals surface area contributed by atoms with Crippen LogP contribution in [0.1, 0.15) is 58.4 Å². The molecule has 3 saturated heterocycles. The third kappa shape index (κ3) is 5.12. The van der Waals surface area contributed by atoms with Crippen molar-refractivity contribution in [1.82, 2.24) is 14.7 Å². The topological polar surface area (TPSA) is 90.4 Å². The van der Waals surface area contributed by atoms with Gasteiger partial charge < -0.3 is 24.5 Å². The number of aliphatic hydroxyl groups excluding tert-OH is 1. The highest BCUT2D eigenvalue weighted by atomic mass is 16.5. The number of unbranched alkanes of at least 4 members (excludes halogenated alkanes) is 2. The van der Waals surface area contributed by atoms with E-state index in [1.807, 2.05) is 37.3 Å². The van der Waals surface area contributed by atoms with Gasteiger partial charge in [-0.2, -0.15) is 0 Å². The van der Waals surface area contributed by atoms with Gasteiger partial charge in [0.15, 0.2) is 0 Å². The van der Waals surface area contributed by atoms with Gasteiger partial charge in [0.05, 0.1) is 30.1 Å². The molecular formula is C32H45N3O5. The summed E-state index contributed by atoms with van der Waals surface area (Å²) < 4.78 is 6.78. The summed E-state index contributed by atoms with van der Waals surface area (Å²) in [5.74, 6) is -2.19. The largest absolute Gasteiger partial charge is 0.394 e. The monoisotopic (exact) mass is 551 g/mol. The first-order valence-electron chi connectivity index (χ1n) is 14.7. The summed E-state index contributed by atoms with van der Waals surface area (Å²) in [5.41, 5.74) is -1.01. The maximum absolute atomic E-state index is 14.3. The molecular weight excluding hydrogens is 506 g/mol.